The van der Waals surface area contributed by atoms with Gasteiger partial charge in [-0.2, -0.15) is 0 Å². The predicted octanol–water partition coefficient (Wildman–Crippen LogP) is 0.832. The molecule has 1 heterocycles. The monoisotopic (exact) mass is 310 g/mol. The van der Waals surface area contributed by atoms with Crippen molar-refractivity contribution in [3.05, 3.63) is 0 Å². The zero-order chi connectivity index (χ0) is 16.5. The average molecular weight is 310 g/mol. The van der Waals surface area contributed by atoms with Crippen LogP contribution in [0.4, 0.5) is 0 Å². The van der Waals surface area contributed by atoms with E-state index >= 15 is 0 Å². The number of rotatable bonds is 4. The number of fused-ring (bicyclic) bond motifs is 1. The highest BCUT2D eigenvalue weighted by Crippen LogP contribution is 2.52. The fraction of sp³-hybridized carbons (Fsp3) is 0.875. The van der Waals surface area contributed by atoms with E-state index in [0.29, 0.717) is 24.0 Å². The van der Waals surface area contributed by atoms with Crippen LogP contribution in [-0.2, 0) is 9.53 Å². The van der Waals surface area contributed by atoms with Gasteiger partial charge in [-0.25, -0.2) is 4.99 Å². The number of likely N-dealkylation sites (N-methyl/N-ethyl adjacent to an activating group) is 1. The normalized spacial score (nSPS) is 29.8. The van der Waals surface area contributed by atoms with Gasteiger partial charge in [0.25, 0.3) is 0 Å². The first-order chi connectivity index (χ1) is 10.2. The van der Waals surface area contributed by atoms with Crippen LogP contribution < -0.4 is 10.6 Å². The molecule has 1 aliphatic carbocycles. The first-order valence-corrected chi connectivity index (χ1v) is 8.12. The lowest BCUT2D eigenvalue weighted by Gasteiger charge is -2.55. The van der Waals surface area contributed by atoms with E-state index < -0.39 is 0 Å². The number of guanidine groups is 1. The Hall–Kier alpha value is -1.30. The number of nitrogens with one attached hydrogen (secondary N) is 2. The van der Waals surface area contributed by atoms with E-state index in [1.807, 2.05) is 0 Å². The zero-order valence-electron chi connectivity index (χ0n) is 14.6. The molecule has 0 bridgehead atoms. The van der Waals surface area contributed by atoms with E-state index in [1.54, 1.807) is 19.0 Å². The Morgan fingerprint density at radius 3 is 2.68 bits per heavy atom. The van der Waals surface area contributed by atoms with Crippen molar-refractivity contribution >= 4 is 11.9 Å². The minimum absolute atomic E-state index is 0.000183. The van der Waals surface area contributed by atoms with Crippen molar-refractivity contribution in [3.8, 4) is 0 Å². The number of hydrogen-bond donors (Lipinski definition) is 2. The molecule has 126 valence electrons. The summed E-state index contributed by atoms with van der Waals surface area (Å²) in [6.45, 7) is 9.61. The molecule has 3 atom stereocenters. The van der Waals surface area contributed by atoms with Crippen LogP contribution in [0.1, 0.15) is 34.1 Å². The summed E-state index contributed by atoms with van der Waals surface area (Å²) < 4.78 is 5.83. The molecule has 0 aromatic rings. The number of carbonyl (C=O) groups excluding carboxylic acids is 1. The maximum Gasteiger partial charge on any atom is 0.243 e. The summed E-state index contributed by atoms with van der Waals surface area (Å²) in [5.41, 5.74) is 0.0894. The van der Waals surface area contributed by atoms with Gasteiger partial charge in [0, 0.05) is 44.1 Å². The van der Waals surface area contributed by atoms with E-state index in [2.05, 4.69) is 43.3 Å². The Kier molecular flexibility index (Phi) is 5.00. The van der Waals surface area contributed by atoms with Crippen molar-refractivity contribution in [2.24, 2.45) is 16.3 Å². The van der Waals surface area contributed by atoms with Gasteiger partial charge in [0.05, 0.1) is 6.10 Å². The molecule has 0 aromatic heterocycles. The molecule has 1 saturated heterocycles. The summed E-state index contributed by atoms with van der Waals surface area (Å²) in [5.74, 6) is 1.26. The zero-order valence-corrected chi connectivity index (χ0v) is 14.6. The lowest BCUT2D eigenvalue weighted by atomic mass is 9.57. The molecule has 2 aliphatic rings. The topological polar surface area (TPSA) is 66.0 Å². The van der Waals surface area contributed by atoms with E-state index in [1.165, 1.54) is 0 Å². The third kappa shape index (κ3) is 3.37. The maximum atomic E-state index is 11.8. The van der Waals surface area contributed by atoms with E-state index in [9.17, 15) is 4.79 Å². The highest BCUT2D eigenvalue weighted by Gasteiger charge is 2.59. The smallest absolute Gasteiger partial charge is 0.243 e. The Bertz CT molecular complexity index is 445. The van der Waals surface area contributed by atoms with Crippen LogP contribution in [-0.4, -0.2) is 62.2 Å². The van der Waals surface area contributed by atoms with Crippen molar-refractivity contribution in [1.29, 1.82) is 0 Å². The number of hydrogen-bond acceptors (Lipinski definition) is 3. The van der Waals surface area contributed by atoms with Crippen LogP contribution >= 0.6 is 0 Å². The predicted molar refractivity (Wildman–Crippen MR) is 87.8 cm³/mol. The van der Waals surface area contributed by atoms with Gasteiger partial charge in [0.15, 0.2) is 5.96 Å². The largest absolute Gasteiger partial charge is 0.377 e. The molecule has 2 N–H and O–H groups in total. The maximum absolute atomic E-state index is 11.8. The molecule has 22 heavy (non-hydrogen) atoms. The number of aliphatic imine (C=N–C) groups is 1. The minimum atomic E-state index is -0.000183. The average Bonchev–Trinajstić information content (AvgIpc) is 2.87. The van der Waals surface area contributed by atoms with Crippen molar-refractivity contribution in [1.82, 2.24) is 15.5 Å². The van der Waals surface area contributed by atoms with Gasteiger partial charge in [0.2, 0.25) is 5.91 Å². The van der Waals surface area contributed by atoms with Gasteiger partial charge in [-0.15, -0.1) is 0 Å². The van der Waals surface area contributed by atoms with Crippen LogP contribution in [0, 0.1) is 11.3 Å². The molecule has 0 radical (unpaired) electrons. The quantitative estimate of drug-likeness (QED) is 0.596. The highest BCUT2D eigenvalue weighted by atomic mass is 16.5. The Morgan fingerprint density at radius 1 is 1.41 bits per heavy atom. The van der Waals surface area contributed by atoms with E-state index in [0.717, 1.165) is 13.0 Å². The van der Waals surface area contributed by atoms with Gasteiger partial charge in [-0.1, -0.05) is 13.8 Å². The molecule has 1 amide bonds. The molecule has 3 unspecified atom stereocenters. The van der Waals surface area contributed by atoms with Crippen molar-refractivity contribution in [2.45, 2.75) is 52.3 Å². The van der Waals surface area contributed by atoms with Crippen LogP contribution in [0.25, 0.3) is 0 Å². The van der Waals surface area contributed by atoms with Gasteiger partial charge in [0.1, 0.15) is 6.54 Å². The third-order valence-electron chi connectivity index (χ3n) is 4.69. The second-order valence-electron chi connectivity index (χ2n) is 7.44. The Morgan fingerprint density at radius 2 is 2.09 bits per heavy atom. The standard InChI is InChI=1S/C16H30N4O2/c1-10(2)18-15(17-9-12(21)20(5)6)19-13-11-7-8-22-14(11)16(13,3)4/h10-11,13-14H,7-9H2,1-6H3,(H2,17,18,19). The lowest BCUT2D eigenvalue weighted by molar-refractivity contribution is -0.127. The Labute approximate surface area is 133 Å². The van der Waals surface area contributed by atoms with Crippen molar-refractivity contribution in [3.63, 3.8) is 0 Å². The molecule has 0 spiro atoms. The molecule has 0 aromatic carbocycles. The van der Waals surface area contributed by atoms with E-state index in [-0.39, 0.29) is 23.9 Å². The van der Waals surface area contributed by atoms with E-state index in [4.69, 9.17) is 4.74 Å². The van der Waals surface area contributed by atoms with Crippen molar-refractivity contribution < 1.29 is 9.53 Å². The summed E-state index contributed by atoms with van der Waals surface area (Å²) in [6, 6.07) is 0.596. The number of ether oxygens (including phenoxy) is 1. The molecule has 2 rings (SSSR count). The minimum Gasteiger partial charge on any atom is -0.377 e. The van der Waals surface area contributed by atoms with Gasteiger partial charge >= 0.3 is 0 Å². The number of nitrogens with zero attached hydrogens (tertiary/aromatic N) is 2. The SMILES string of the molecule is CC(C)NC(=NCC(=O)N(C)C)NC1C2CCOC2C1(C)C. The summed E-state index contributed by atoms with van der Waals surface area (Å²) >= 11 is 0. The molecular weight excluding hydrogens is 280 g/mol. The molecular formula is C16H30N4O2. The fourth-order valence-electron chi connectivity index (χ4n) is 3.46. The molecule has 6 nitrogen and oxygen atoms in total. The second-order valence-corrected chi connectivity index (χ2v) is 7.44. The fourth-order valence-corrected chi connectivity index (χ4v) is 3.46. The number of amides is 1. The second kappa shape index (κ2) is 6.44. The van der Waals surface area contributed by atoms with Crippen LogP contribution in [0.5, 0.6) is 0 Å². The first-order valence-electron chi connectivity index (χ1n) is 8.12. The van der Waals surface area contributed by atoms with Gasteiger partial charge < -0.3 is 20.3 Å². The first kappa shape index (κ1) is 17.1. The lowest BCUT2D eigenvalue weighted by Crippen LogP contribution is -2.68. The van der Waals surface area contributed by atoms with Crippen LogP contribution in [0.2, 0.25) is 0 Å². The third-order valence-corrected chi connectivity index (χ3v) is 4.69. The van der Waals surface area contributed by atoms with Crippen molar-refractivity contribution in [2.75, 3.05) is 27.2 Å². The Balaban J connectivity index is 2.03. The summed E-state index contributed by atoms with van der Waals surface area (Å²) in [5, 5.41) is 6.85. The summed E-state index contributed by atoms with van der Waals surface area (Å²) in [7, 11) is 3.49. The number of carbonyl (C=O) groups is 1. The van der Waals surface area contributed by atoms with Gasteiger partial charge in [-0.3, -0.25) is 4.79 Å². The summed E-state index contributed by atoms with van der Waals surface area (Å²) in [4.78, 5) is 17.8. The molecule has 1 saturated carbocycles. The molecule has 2 fully saturated rings. The van der Waals surface area contributed by atoms with Crippen LogP contribution in [0.15, 0.2) is 4.99 Å². The molecule has 1 aliphatic heterocycles. The van der Waals surface area contributed by atoms with Crippen LogP contribution in [0.3, 0.4) is 0 Å². The summed E-state index contributed by atoms with van der Waals surface area (Å²) in [6.07, 6.45) is 1.44. The molecule has 6 heteroatoms. The van der Waals surface area contributed by atoms with Gasteiger partial charge in [-0.05, 0) is 20.3 Å². The highest BCUT2D eigenvalue weighted by molar-refractivity contribution is 5.85.